The third-order valence-corrected chi connectivity index (χ3v) is 4.68. The Balaban J connectivity index is 1.83. The molecule has 19 heavy (non-hydrogen) atoms. The van der Waals surface area contributed by atoms with Crippen LogP contribution in [-0.2, 0) is 0 Å². The van der Waals surface area contributed by atoms with Gasteiger partial charge in [0.2, 0.25) is 0 Å². The highest BCUT2D eigenvalue weighted by molar-refractivity contribution is 7.80. The van der Waals surface area contributed by atoms with E-state index in [1.165, 1.54) is 18.7 Å². The molecule has 0 aromatic heterocycles. The summed E-state index contributed by atoms with van der Waals surface area (Å²) in [4.78, 5) is 5.01. The standard InChI is InChI=1S/C15H23ClN2S/c1-2-13(12-19)11-17-7-9-18(10-8-17)15-5-3-14(16)4-6-15/h3-6,13,19H,2,7-12H2,1H3. The molecule has 2 rings (SSSR count). The molecule has 0 spiro atoms. The number of rotatable bonds is 5. The number of hydrogen-bond acceptors (Lipinski definition) is 3. The van der Waals surface area contributed by atoms with Crippen molar-refractivity contribution in [3.05, 3.63) is 29.3 Å². The van der Waals surface area contributed by atoms with Crippen molar-refractivity contribution in [2.24, 2.45) is 5.92 Å². The average Bonchev–Trinajstić information content (AvgIpc) is 2.46. The van der Waals surface area contributed by atoms with E-state index in [4.69, 9.17) is 11.6 Å². The molecule has 1 aromatic rings. The third-order valence-electron chi connectivity index (χ3n) is 3.92. The summed E-state index contributed by atoms with van der Waals surface area (Å²) in [6, 6.07) is 8.16. The first kappa shape index (κ1) is 15.0. The highest BCUT2D eigenvalue weighted by atomic mass is 35.5. The first-order valence-corrected chi connectivity index (χ1v) is 8.07. The zero-order chi connectivity index (χ0) is 13.7. The summed E-state index contributed by atoms with van der Waals surface area (Å²) >= 11 is 10.4. The van der Waals surface area contributed by atoms with E-state index in [1.54, 1.807) is 0 Å². The van der Waals surface area contributed by atoms with Crippen molar-refractivity contribution in [1.82, 2.24) is 4.90 Å². The van der Waals surface area contributed by atoms with Crippen LogP contribution in [0.1, 0.15) is 13.3 Å². The van der Waals surface area contributed by atoms with Gasteiger partial charge in [0.05, 0.1) is 0 Å². The van der Waals surface area contributed by atoms with E-state index in [0.717, 1.165) is 42.9 Å². The van der Waals surface area contributed by atoms with Crippen molar-refractivity contribution in [3.8, 4) is 0 Å². The van der Waals surface area contributed by atoms with E-state index < -0.39 is 0 Å². The number of anilines is 1. The Labute approximate surface area is 127 Å². The zero-order valence-electron chi connectivity index (χ0n) is 11.6. The molecule has 106 valence electrons. The topological polar surface area (TPSA) is 6.48 Å². The molecule has 0 aliphatic carbocycles. The lowest BCUT2D eigenvalue weighted by molar-refractivity contribution is 0.224. The van der Waals surface area contributed by atoms with E-state index in [9.17, 15) is 0 Å². The number of halogens is 1. The molecule has 1 aromatic carbocycles. The van der Waals surface area contributed by atoms with Crippen LogP contribution in [0.3, 0.4) is 0 Å². The van der Waals surface area contributed by atoms with Crippen molar-refractivity contribution >= 4 is 29.9 Å². The van der Waals surface area contributed by atoms with Gasteiger partial charge in [-0.1, -0.05) is 24.9 Å². The number of benzene rings is 1. The Kier molecular flexibility index (Phi) is 5.86. The smallest absolute Gasteiger partial charge is 0.0407 e. The summed E-state index contributed by atoms with van der Waals surface area (Å²) in [7, 11) is 0. The molecule has 1 atom stereocenters. The van der Waals surface area contributed by atoms with Gasteiger partial charge in [0.15, 0.2) is 0 Å². The van der Waals surface area contributed by atoms with E-state index in [2.05, 4.69) is 41.5 Å². The predicted molar refractivity (Wildman–Crippen MR) is 87.7 cm³/mol. The first-order valence-electron chi connectivity index (χ1n) is 7.06. The number of hydrogen-bond donors (Lipinski definition) is 1. The highest BCUT2D eigenvalue weighted by Gasteiger charge is 2.19. The van der Waals surface area contributed by atoms with Gasteiger partial charge in [-0.15, -0.1) is 0 Å². The average molecular weight is 299 g/mol. The Morgan fingerprint density at radius 2 is 1.79 bits per heavy atom. The summed E-state index contributed by atoms with van der Waals surface area (Å²) in [6.07, 6.45) is 1.22. The van der Waals surface area contributed by atoms with Crippen LogP contribution in [0, 0.1) is 5.92 Å². The van der Waals surface area contributed by atoms with Gasteiger partial charge in [0.1, 0.15) is 0 Å². The van der Waals surface area contributed by atoms with Crippen LogP contribution in [0.4, 0.5) is 5.69 Å². The Morgan fingerprint density at radius 1 is 1.16 bits per heavy atom. The number of thiol groups is 1. The summed E-state index contributed by atoms with van der Waals surface area (Å²) in [5.41, 5.74) is 1.28. The molecular weight excluding hydrogens is 276 g/mol. The summed E-state index contributed by atoms with van der Waals surface area (Å²) in [5.74, 6) is 1.72. The van der Waals surface area contributed by atoms with Gasteiger partial charge in [-0.25, -0.2) is 0 Å². The van der Waals surface area contributed by atoms with Crippen LogP contribution in [0.2, 0.25) is 5.02 Å². The molecule has 1 heterocycles. The van der Waals surface area contributed by atoms with Gasteiger partial charge >= 0.3 is 0 Å². The maximum absolute atomic E-state index is 5.93. The van der Waals surface area contributed by atoms with Crippen molar-refractivity contribution in [2.75, 3.05) is 43.4 Å². The number of nitrogens with zero attached hydrogens (tertiary/aromatic N) is 2. The quantitative estimate of drug-likeness (QED) is 0.832. The van der Waals surface area contributed by atoms with E-state index in [1.807, 2.05) is 12.1 Å². The molecule has 2 nitrogen and oxygen atoms in total. The van der Waals surface area contributed by atoms with Crippen LogP contribution in [0.15, 0.2) is 24.3 Å². The Hall–Kier alpha value is -0.380. The van der Waals surface area contributed by atoms with Gasteiger partial charge in [0, 0.05) is 43.4 Å². The molecular formula is C15H23ClN2S. The van der Waals surface area contributed by atoms with Gasteiger partial charge in [-0.05, 0) is 35.9 Å². The maximum atomic E-state index is 5.93. The monoisotopic (exact) mass is 298 g/mol. The molecule has 0 radical (unpaired) electrons. The minimum absolute atomic E-state index is 0.727. The molecule has 1 aliphatic rings. The molecule has 0 bridgehead atoms. The fourth-order valence-electron chi connectivity index (χ4n) is 2.52. The van der Waals surface area contributed by atoms with Crippen LogP contribution >= 0.6 is 24.2 Å². The van der Waals surface area contributed by atoms with E-state index in [0.29, 0.717) is 0 Å². The van der Waals surface area contributed by atoms with Crippen molar-refractivity contribution in [2.45, 2.75) is 13.3 Å². The molecule has 0 N–H and O–H groups in total. The normalized spacial score (nSPS) is 18.6. The summed E-state index contributed by atoms with van der Waals surface area (Å²) in [6.45, 7) is 7.94. The van der Waals surface area contributed by atoms with Gasteiger partial charge < -0.3 is 4.90 Å². The lowest BCUT2D eigenvalue weighted by atomic mass is 10.1. The lowest BCUT2D eigenvalue weighted by Crippen LogP contribution is -2.48. The number of piperazine rings is 1. The fraction of sp³-hybridized carbons (Fsp3) is 0.600. The fourth-order valence-corrected chi connectivity index (χ4v) is 3.02. The van der Waals surface area contributed by atoms with E-state index >= 15 is 0 Å². The SMILES string of the molecule is CCC(CS)CN1CCN(c2ccc(Cl)cc2)CC1. The van der Waals surface area contributed by atoms with Crippen molar-refractivity contribution in [1.29, 1.82) is 0 Å². The molecule has 1 unspecified atom stereocenters. The largest absolute Gasteiger partial charge is 0.369 e. The minimum atomic E-state index is 0.727. The second-order valence-electron chi connectivity index (χ2n) is 5.22. The molecule has 0 saturated carbocycles. The van der Waals surface area contributed by atoms with Crippen molar-refractivity contribution in [3.63, 3.8) is 0 Å². The summed E-state index contributed by atoms with van der Waals surface area (Å²) in [5, 5.41) is 0.807. The second kappa shape index (κ2) is 7.41. The van der Waals surface area contributed by atoms with Crippen LogP contribution in [0.5, 0.6) is 0 Å². The molecule has 1 fully saturated rings. The van der Waals surface area contributed by atoms with E-state index in [-0.39, 0.29) is 0 Å². The predicted octanol–water partition coefficient (Wildman–Crippen LogP) is 3.42. The maximum Gasteiger partial charge on any atom is 0.0407 e. The highest BCUT2D eigenvalue weighted by Crippen LogP contribution is 2.20. The third kappa shape index (κ3) is 4.30. The Morgan fingerprint density at radius 3 is 2.32 bits per heavy atom. The lowest BCUT2D eigenvalue weighted by Gasteiger charge is -2.37. The molecule has 1 saturated heterocycles. The second-order valence-corrected chi connectivity index (χ2v) is 6.02. The zero-order valence-corrected chi connectivity index (χ0v) is 13.2. The summed E-state index contributed by atoms with van der Waals surface area (Å²) < 4.78 is 0. The van der Waals surface area contributed by atoms with Gasteiger partial charge in [-0.3, -0.25) is 4.90 Å². The van der Waals surface area contributed by atoms with Gasteiger partial charge in [0.25, 0.3) is 0 Å². The van der Waals surface area contributed by atoms with Gasteiger partial charge in [-0.2, -0.15) is 12.6 Å². The minimum Gasteiger partial charge on any atom is -0.369 e. The molecule has 1 aliphatic heterocycles. The van der Waals surface area contributed by atoms with Crippen LogP contribution in [0.25, 0.3) is 0 Å². The Bertz CT molecular complexity index is 370. The molecule has 4 heteroatoms. The molecule has 0 amide bonds. The van der Waals surface area contributed by atoms with Crippen LogP contribution < -0.4 is 4.90 Å². The van der Waals surface area contributed by atoms with Crippen molar-refractivity contribution < 1.29 is 0 Å². The van der Waals surface area contributed by atoms with Crippen LogP contribution in [-0.4, -0.2) is 43.4 Å². The first-order chi connectivity index (χ1) is 9.22.